The van der Waals surface area contributed by atoms with E-state index in [0.717, 1.165) is 24.0 Å². The summed E-state index contributed by atoms with van der Waals surface area (Å²) < 4.78 is 4.63. The normalized spacial score (nSPS) is 19.4. The third kappa shape index (κ3) is 1.86. The van der Waals surface area contributed by atoms with Gasteiger partial charge in [0, 0.05) is 0 Å². The standard InChI is InChI=1S/C10H12O3/c1-7-3-4-8(5-6-11)9(7)10(12)13-2/h5-6H,3-4H2,1-2H3/b8-5-. The number of allylic oxidation sites excluding steroid dienone is 2. The number of aldehydes is 1. The Balaban J connectivity index is 3.01. The van der Waals surface area contributed by atoms with Gasteiger partial charge in [-0.1, -0.05) is 5.57 Å². The van der Waals surface area contributed by atoms with E-state index in [-0.39, 0.29) is 5.97 Å². The molecule has 0 amide bonds. The molecular formula is C10H12O3. The van der Waals surface area contributed by atoms with E-state index in [2.05, 4.69) is 4.74 Å². The molecule has 0 aromatic carbocycles. The van der Waals surface area contributed by atoms with Gasteiger partial charge in [0.2, 0.25) is 0 Å². The van der Waals surface area contributed by atoms with Crippen LogP contribution in [-0.4, -0.2) is 19.4 Å². The first kappa shape index (κ1) is 9.71. The van der Waals surface area contributed by atoms with Crippen LogP contribution >= 0.6 is 0 Å². The molecule has 3 nitrogen and oxygen atoms in total. The largest absolute Gasteiger partial charge is 0.465 e. The second-order valence-corrected chi connectivity index (χ2v) is 2.97. The Labute approximate surface area is 77.1 Å². The zero-order valence-corrected chi connectivity index (χ0v) is 7.79. The van der Waals surface area contributed by atoms with Gasteiger partial charge >= 0.3 is 5.97 Å². The molecule has 1 aliphatic rings. The summed E-state index contributed by atoms with van der Waals surface area (Å²) in [5, 5.41) is 0. The Bertz CT molecular complexity index is 297. The Kier molecular flexibility index (Phi) is 3.01. The summed E-state index contributed by atoms with van der Waals surface area (Å²) in [7, 11) is 1.35. The molecular weight excluding hydrogens is 168 g/mol. The minimum atomic E-state index is -0.344. The first-order chi connectivity index (χ1) is 6.20. The lowest BCUT2D eigenvalue weighted by atomic mass is 10.1. The fraction of sp³-hybridized carbons (Fsp3) is 0.400. The molecule has 0 N–H and O–H groups in total. The Morgan fingerprint density at radius 1 is 1.46 bits per heavy atom. The number of ether oxygens (including phenoxy) is 1. The first-order valence-corrected chi connectivity index (χ1v) is 4.13. The maximum atomic E-state index is 11.3. The van der Waals surface area contributed by atoms with Crippen molar-refractivity contribution in [3.8, 4) is 0 Å². The molecule has 0 atom stereocenters. The van der Waals surface area contributed by atoms with Crippen molar-refractivity contribution in [1.29, 1.82) is 0 Å². The quantitative estimate of drug-likeness (QED) is 0.366. The van der Waals surface area contributed by atoms with E-state index >= 15 is 0 Å². The maximum Gasteiger partial charge on any atom is 0.338 e. The van der Waals surface area contributed by atoms with Gasteiger partial charge in [0.05, 0.1) is 12.7 Å². The van der Waals surface area contributed by atoms with Crippen LogP contribution in [0.2, 0.25) is 0 Å². The van der Waals surface area contributed by atoms with Gasteiger partial charge < -0.3 is 4.74 Å². The van der Waals surface area contributed by atoms with Crippen LogP contribution in [0.1, 0.15) is 19.8 Å². The second-order valence-electron chi connectivity index (χ2n) is 2.97. The monoisotopic (exact) mass is 180 g/mol. The number of carbonyl (C=O) groups excluding carboxylic acids is 2. The van der Waals surface area contributed by atoms with Crippen molar-refractivity contribution in [3.63, 3.8) is 0 Å². The lowest BCUT2D eigenvalue weighted by Crippen LogP contribution is -2.05. The highest BCUT2D eigenvalue weighted by Gasteiger charge is 2.23. The molecule has 0 aromatic heterocycles. The molecule has 3 heteroatoms. The molecule has 70 valence electrons. The Morgan fingerprint density at radius 3 is 2.69 bits per heavy atom. The van der Waals surface area contributed by atoms with Gasteiger partial charge in [0.15, 0.2) is 0 Å². The number of hydrogen-bond donors (Lipinski definition) is 0. The van der Waals surface area contributed by atoms with Gasteiger partial charge in [-0.3, -0.25) is 4.79 Å². The summed E-state index contributed by atoms with van der Waals surface area (Å²) in [5.41, 5.74) is 2.37. The SMILES string of the molecule is COC(=O)C1=C(C)CC/C1=C/C=O. The third-order valence-corrected chi connectivity index (χ3v) is 2.18. The Morgan fingerprint density at radius 2 is 2.15 bits per heavy atom. The highest BCUT2D eigenvalue weighted by atomic mass is 16.5. The Hall–Kier alpha value is -1.38. The van der Waals surface area contributed by atoms with E-state index < -0.39 is 0 Å². The van der Waals surface area contributed by atoms with E-state index in [1.807, 2.05) is 6.92 Å². The fourth-order valence-corrected chi connectivity index (χ4v) is 1.50. The van der Waals surface area contributed by atoms with Gasteiger partial charge in [-0.15, -0.1) is 0 Å². The topological polar surface area (TPSA) is 43.4 Å². The summed E-state index contributed by atoms with van der Waals surface area (Å²) >= 11 is 0. The molecule has 1 rings (SSSR count). The highest BCUT2D eigenvalue weighted by molar-refractivity contribution is 5.96. The predicted molar refractivity (Wildman–Crippen MR) is 48.1 cm³/mol. The minimum Gasteiger partial charge on any atom is -0.465 e. The van der Waals surface area contributed by atoms with Crippen molar-refractivity contribution in [3.05, 3.63) is 22.8 Å². The van der Waals surface area contributed by atoms with E-state index in [4.69, 9.17) is 0 Å². The van der Waals surface area contributed by atoms with Crippen molar-refractivity contribution in [2.24, 2.45) is 0 Å². The molecule has 0 aliphatic heterocycles. The van der Waals surface area contributed by atoms with Gasteiger partial charge in [0.1, 0.15) is 6.29 Å². The molecule has 0 aromatic rings. The lowest BCUT2D eigenvalue weighted by molar-refractivity contribution is -0.135. The van der Waals surface area contributed by atoms with Crippen LogP contribution in [0.25, 0.3) is 0 Å². The van der Waals surface area contributed by atoms with Crippen molar-refractivity contribution in [2.75, 3.05) is 7.11 Å². The van der Waals surface area contributed by atoms with Crippen LogP contribution in [-0.2, 0) is 14.3 Å². The van der Waals surface area contributed by atoms with E-state index in [0.29, 0.717) is 11.9 Å². The first-order valence-electron chi connectivity index (χ1n) is 4.13. The number of esters is 1. The van der Waals surface area contributed by atoms with E-state index in [1.54, 1.807) is 0 Å². The van der Waals surface area contributed by atoms with Gasteiger partial charge in [-0.05, 0) is 31.4 Å². The molecule has 0 saturated carbocycles. The second kappa shape index (κ2) is 4.03. The summed E-state index contributed by atoms with van der Waals surface area (Å²) in [4.78, 5) is 21.5. The minimum absolute atomic E-state index is 0.344. The zero-order valence-electron chi connectivity index (χ0n) is 7.79. The summed E-state index contributed by atoms with van der Waals surface area (Å²) in [6, 6.07) is 0. The van der Waals surface area contributed by atoms with E-state index in [9.17, 15) is 9.59 Å². The molecule has 0 spiro atoms. The molecule has 0 unspecified atom stereocenters. The van der Waals surface area contributed by atoms with Gasteiger partial charge in [-0.2, -0.15) is 0 Å². The predicted octanol–water partition coefficient (Wildman–Crippen LogP) is 1.39. The molecule has 13 heavy (non-hydrogen) atoms. The van der Waals surface area contributed by atoms with Gasteiger partial charge in [0.25, 0.3) is 0 Å². The smallest absolute Gasteiger partial charge is 0.338 e. The van der Waals surface area contributed by atoms with Crippen LogP contribution in [0, 0.1) is 0 Å². The molecule has 0 heterocycles. The fourth-order valence-electron chi connectivity index (χ4n) is 1.50. The molecule has 0 saturated heterocycles. The maximum absolute atomic E-state index is 11.3. The summed E-state index contributed by atoms with van der Waals surface area (Å²) in [5.74, 6) is -0.344. The van der Waals surface area contributed by atoms with Crippen molar-refractivity contribution in [2.45, 2.75) is 19.8 Å². The van der Waals surface area contributed by atoms with Crippen molar-refractivity contribution >= 4 is 12.3 Å². The van der Waals surface area contributed by atoms with Gasteiger partial charge in [-0.25, -0.2) is 4.79 Å². The number of carbonyl (C=O) groups is 2. The average molecular weight is 180 g/mol. The summed E-state index contributed by atoms with van der Waals surface area (Å²) in [6.07, 6.45) is 3.73. The third-order valence-electron chi connectivity index (χ3n) is 2.18. The molecule has 0 radical (unpaired) electrons. The van der Waals surface area contributed by atoms with Crippen LogP contribution in [0.5, 0.6) is 0 Å². The van der Waals surface area contributed by atoms with Crippen molar-refractivity contribution in [1.82, 2.24) is 0 Å². The molecule has 0 bridgehead atoms. The van der Waals surface area contributed by atoms with E-state index in [1.165, 1.54) is 13.2 Å². The number of rotatable bonds is 2. The number of hydrogen-bond acceptors (Lipinski definition) is 3. The van der Waals surface area contributed by atoms with Crippen LogP contribution in [0.15, 0.2) is 22.8 Å². The molecule has 0 fully saturated rings. The van der Waals surface area contributed by atoms with Crippen LogP contribution < -0.4 is 0 Å². The summed E-state index contributed by atoms with van der Waals surface area (Å²) in [6.45, 7) is 1.89. The van der Waals surface area contributed by atoms with Crippen molar-refractivity contribution < 1.29 is 14.3 Å². The number of methoxy groups -OCH3 is 1. The molecule has 1 aliphatic carbocycles. The highest BCUT2D eigenvalue weighted by Crippen LogP contribution is 2.31. The zero-order chi connectivity index (χ0) is 9.84. The average Bonchev–Trinajstić information content (AvgIpc) is 2.47. The lowest BCUT2D eigenvalue weighted by Gasteiger charge is -2.02. The van der Waals surface area contributed by atoms with Crippen LogP contribution in [0.3, 0.4) is 0 Å². The van der Waals surface area contributed by atoms with Crippen LogP contribution in [0.4, 0.5) is 0 Å².